The largest absolute Gasteiger partial charge is 0.469 e. The molecule has 0 spiro atoms. The second-order valence-corrected chi connectivity index (χ2v) is 10.6. The van der Waals surface area contributed by atoms with Gasteiger partial charge in [0.15, 0.2) is 6.10 Å². The van der Waals surface area contributed by atoms with E-state index in [1.807, 2.05) is 0 Å². The Morgan fingerprint density at radius 1 is 0.629 bits per heavy atom. The van der Waals surface area contributed by atoms with E-state index < -0.39 is 32.5 Å². The number of carbonyl (C=O) groups is 2. The average Bonchev–Trinajstić information content (AvgIpc) is 2.81. The summed E-state index contributed by atoms with van der Waals surface area (Å²) in [6.07, 6.45) is 18.5. The summed E-state index contributed by atoms with van der Waals surface area (Å²) in [5.41, 5.74) is 0. The van der Waals surface area contributed by atoms with Crippen molar-refractivity contribution in [2.75, 3.05) is 13.2 Å². The molecular formula is C26H51O8P. The molecule has 0 amide bonds. The zero-order valence-corrected chi connectivity index (χ0v) is 23.1. The van der Waals surface area contributed by atoms with Crippen LogP contribution in [0.1, 0.15) is 136 Å². The molecule has 0 aliphatic carbocycles. The molecule has 0 radical (unpaired) electrons. The van der Waals surface area contributed by atoms with Crippen LogP contribution in [0.3, 0.4) is 0 Å². The van der Waals surface area contributed by atoms with Crippen LogP contribution in [0.25, 0.3) is 0 Å². The maximum absolute atomic E-state index is 12.2. The van der Waals surface area contributed by atoms with Crippen molar-refractivity contribution in [1.82, 2.24) is 0 Å². The Hall–Kier alpha value is -0.950. The van der Waals surface area contributed by atoms with Crippen LogP contribution in [-0.4, -0.2) is 41.0 Å². The van der Waals surface area contributed by atoms with Crippen molar-refractivity contribution < 1.29 is 37.9 Å². The Labute approximate surface area is 213 Å². The fourth-order valence-electron chi connectivity index (χ4n) is 3.78. The van der Waals surface area contributed by atoms with Gasteiger partial charge in [-0.25, -0.2) is 4.57 Å². The van der Waals surface area contributed by atoms with Crippen LogP contribution in [0.4, 0.5) is 0 Å². The normalized spacial score (nSPS) is 12.5. The minimum Gasteiger partial charge on any atom is -0.462 e. The van der Waals surface area contributed by atoms with Gasteiger partial charge in [0, 0.05) is 12.8 Å². The molecule has 208 valence electrons. The predicted molar refractivity (Wildman–Crippen MR) is 138 cm³/mol. The molecule has 0 aromatic rings. The highest BCUT2D eigenvalue weighted by atomic mass is 31.2. The van der Waals surface area contributed by atoms with Gasteiger partial charge in [0.2, 0.25) is 0 Å². The highest BCUT2D eigenvalue weighted by Gasteiger charge is 2.22. The standard InChI is InChI=1S/C26H51O8P/c1-3-5-7-9-11-13-15-17-19-21-26(28)34-24(23-33-35(29,30)31)22-32-25(27)20-18-16-14-12-10-8-6-4-2/h24H,3-23H2,1-2H3,(H2,29,30,31). The van der Waals surface area contributed by atoms with Gasteiger partial charge in [-0.1, -0.05) is 110 Å². The van der Waals surface area contributed by atoms with Gasteiger partial charge >= 0.3 is 19.8 Å². The number of phosphoric ester groups is 1. The number of esters is 2. The third-order valence-corrected chi connectivity index (χ3v) is 6.36. The molecule has 0 saturated heterocycles. The molecule has 0 rings (SSSR count). The van der Waals surface area contributed by atoms with Crippen molar-refractivity contribution in [3.63, 3.8) is 0 Å². The number of phosphoric acid groups is 1. The van der Waals surface area contributed by atoms with Crippen molar-refractivity contribution >= 4 is 19.8 Å². The van der Waals surface area contributed by atoms with Crippen molar-refractivity contribution in [3.8, 4) is 0 Å². The van der Waals surface area contributed by atoms with Gasteiger partial charge < -0.3 is 19.3 Å². The molecule has 0 saturated carbocycles. The van der Waals surface area contributed by atoms with Crippen LogP contribution in [0.5, 0.6) is 0 Å². The number of rotatable bonds is 25. The van der Waals surface area contributed by atoms with Gasteiger partial charge in [0.05, 0.1) is 6.61 Å². The van der Waals surface area contributed by atoms with Gasteiger partial charge in [0.1, 0.15) is 6.61 Å². The van der Waals surface area contributed by atoms with E-state index in [4.69, 9.17) is 19.3 Å². The Bertz CT molecular complexity index is 564. The highest BCUT2D eigenvalue weighted by molar-refractivity contribution is 7.46. The van der Waals surface area contributed by atoms with Crippen LogP contribution in [0.15, 0.2) is 0 Å². The maximum atomic E-state index is 12.2. The fraction of sp³-hybridized carbons (Fsp3) is 0.923. The molecule has 1 unspecified atom stereocenters. The Morgan fingerprint density at radius 3 is 1.46 bits per heavy atom. The van der Waals surface area contributed by atoms with Crippen LogP contribution in [0.2, 0.25) is 0 Å². The molecule has 0 aromatic heterocycles. The van der Waals surface area contributed by atoms with E-state index in [-0.39, 0.29) is 19.4 Å². The van der Waals surface area contributed by atoms with Gasteiger partial charge in [-0.3, -0.25) is 14.1 Å². The van der Waals surface area contributed by atoms with Crippen LogP contribution in [-0.2, 0) is 28.2 Å². The molecule has 0 aliphatic heterocycles. The van der Waals surface area contributed by atoms with Gasteiger partial charge in [-0.15, -0.1) is 0 Å². The van der Waals surface area contributed by atoms with Crippen molar-refractivity contribution in [1.29, 1.82) is 0 Å². The number of ether oxygens (including phenoxy) is 2. The summed E-state index contributed by atoms with van der Waals surface area (Å²) in [7, 11) is -4.72. The Balaban J connectivity index is 4.11. The van der Waals surface area contributed by atoms with Crippen molar-refractivity contribution in [2.24, 2.45) is 0 Å². The lowest BCUT2D eigenvalue weighted by molar-refractivity contribution is -0.161. The minimum atomic E-state index is -4.72. The average molecular weight is 523 g/mol. The predicted octanol–water partition coefficient (Wildman–Crippen LogP) is 7.00. The monoisotopic (exact) mass is 522 g/mol. The van der Waals surface area contributed by atoms with E-state index >= 15 is 0 Å². The summed E-state index contributed by atoms with van der Waals surface area (Å²) in [4.78, 5) is 42.1. The smallest absolute Gasteiger partial charge is 0.462 e. The quantitative estimate of drug-likeness (QED) is 0.0747. The zero-order chi connectivity index (χ0) is 26.2. The topological polar surface area (TPSA) is 119 Å². The highest BCUT2D eigenvalue weighted by Crippen LogP contribution is 2.35. The number of hydrogen-bond donors (Lipinski definition) is 2. The third kappa shape index (κ3) is 25.9. The molecule has 1 atom stereocenters. The summed E-state index contributed by atoms with van der Waals surface area (Å²) in [6.45, 7) is 3.58. The first-order valence-electron chi connectivity index (χ1n) is 13.8. The SMILES string of the molecule is CCCCCCCCCCCC(=O)OC(COC(=O)CCCCCCCCCC)COP(=O)(O)O. The van der Waals surface area contributed by atoms with E-state index in [1.165, 1.54) is 64.2 Å². The van der Waals surface area contributed by atoms with Crippen LogP contribution >= 0.6 is 7.82 Å². The third-order valence-electron chi connectivity index (χ3n) is 5.88. The second-order valence-electron chi connectivity index (χ2n) is 9.38. The Morgan fingerprint density at radius 2 is 1.03 bits per heavy atom. The summed E-state index contributed by atoms with van der Waals surface area (Å²) in [6, 6.07) is 0. The summed E-state index contributed by atoms with van der Waals surface area (Å²) >= 11 is 0. The summed E-state index contributed by atoms with van der Waals surface area (Å²) in [5, 5.41) is 0. The lowest BCUT2D eigenvalue weighted by atomic mass is 10.1. The maximum Gasteiger partial charge on any atom is 0.469 e. The number of hydrogen-bond acceptors (Lipinski definition) is 6. The second kappa shape index (κ2) is 23.4. The lowest BCUT2D eigenvalue weighted by Gasteiger charge is -2.18. The summed E-state index contributed by atoms with van der Waals surface area (Å²) < 4.78 is 26.0. The molecule has 9 heteroatoms. The molecule has 2 N–H and O–H groups in total. The van der Waals surface area contributed by atoms with Gasteiger partial charge in [0.25, 0.3) is 0 Å². The first-order chi connectivity index (χ1) is 16.8. The molecular weight excluding hydrogens is 471 g/mol. The first kappa shape index (κ1) is 34.0. The van der Waals surface area contributed by atoms with E-state index in [1.54, 1.807) is 0 Å². The fourth-order valence-corrected chi connectivity index (χ4v) is 4.14. The van der Waals surface area contributed by atoms with Gasteiger partial charge in [-0.2, -0.15) is 0 Å². The Kier molecular flexibility index (Phi) is 22.8. The molecule has 35 heavy (non-hydrogen) atoms. The van der Waals surface area contributed by atoms with Crippen molar-refractivity contribution in [2.45, 2.75) is 142 Å². The van der Waals surface area contributed by atoms with E-state index in [0.29, 0.717) is 6.42 Å². The number of carbonyl (C=O) groups excluding carboxylic acids is 2. The molecule has 0 aromatic carbocycles. The summed E-state index contributed by atoms with van der Waals surface area (Å²) in [5.74, 6) is -0.890. The molecule has 0 bridgehead atoms. The first-order valence-corrected chi connectivity index (χ1v) is 15.4. The van der Waals surface area contributed by atoms with Crippen LogP contribution in [0, 0.1) is 0 Å². The molecule has 0 fully saturated rings. The van der Waals surface area contributed by atoms with E-state index in [9.17, 15) is 14.2 Å². The number of unbranched alkanes of at least 4 members (excludes halogenated alkanes) is 15. The molecule has 0 heterocycles. The lowest BCUT2D eigenvalue weighted by Crippen LogP contribution is -2.29. The van der Waals surface area contributed by atoms with E-state index in [2.05, 4.69) is 18.4 Å². The minimum absolute atomic E-state index is 0.217. The van der Waals surface area contributed by atoms with Crippen LogP contribution < -0.4 is 0 Å². The van der Waals surface area contributed by atoms with Crippen molar-refractivity contribution in [3.05, 3.63) is 0 Å². The molecule has 8 nitrogen and oxygen atoms in total. The van der Waals surface area contributed by atoms with E-state index in [0.717, 1.165) is 38.5 Å². The zero-order valence-electron chi connectivity index (χ0n) is 22.2. The molecule has 0 aliphatic rings. The van der Waals surface area contributed by atoms with Gasteiger partial charge in [-0.05, 0) is 12.8 Å².